The van der Waals surface area contributed by atoms with Gasteiger partial charge in [0.15, 0.2) is 0 Å². The van der Waals surface area contributed by atoms with Gasteiger partial charge in [-0.2, -0.15) is 0 Å². The second-order valence-corrected chi connectivity index (χ2v) is 4.94. The second-order valence-electron chi connectivity index (χ2n) is 4.94. The van der Waals surface area contributed by atoms with Crippen LogP contribution >= 0.6 is 0 Å². The summed E-state index contributed by atoms with van der Waals surface area (Å²) in [4.78, 5) is 6.87. The lowest BCUT2D eigenvalue weighted by Crippen LogP contribution is -2.41. The van der Waals surface area contributed by atoms with Crippen molar-refractivity contribution in [3.63, 3.8) is 0 Å². The molecule has 0 spiro atoms. The van der Waals surface area contributed by atoms with Gasteiger partial charge < -0.3 is 9.84 Å². The molecule has 2 rings (SSSR count). The lowest BCUT2D eigenvalue weighted by Gasteiger charge is -2.34. The molecule has 0 radical (unpaired) electrons. The summed E-state index contributed by atoms with van der Waals surface area (Å²) in [6.07, 6.45) is 3.51. The Labute approximate surface area is 109 Å². The molecular weight excluding hydrogens is 228 g/mol. The topological polar surface area (TPSA) is 45.6 Å². The van der Waals surface area contributed by atoms with Crippen molar-refractivity contribution < 1.29 is 9.84 Å². The van der Waals surface area contributed by atoms with E-state index in [2.05, 4.69) is 9.88 Å². The van der Waals surface area contributed by atoms with Crippen LogP contribution in [0.5, 0.6) is 5.75 Å². The molecule has 1 unspecified atom stereocenters. The number of nitrogens with zero attached hydrogens (tertiary/aromatic N) is 2. The Morgan fingerprint density at radius 1 is 1.44 bits per heavy atom. The molecule has 4 heteroatoms. The van der Waals surface area contributed by atoms with Gasteiger partial charge in [0.25, 0.3) is 0 Å². The van der Waals surface area contributed by atoms with Crippen LogP contribution in [0.4, 0.5) is 0 Å². The van der Waals surface area contributed by atoms with E-state index in [1.165, 1.54) is 12.8 Å². The van der Waals surface area contributed by atoms with E-state index < -0.39 is 0 Å². The molecule has 0 bridgehead atoms. The SMILES string of the molecule is COc1cc(C)nc(CN2CCCCC2CO)c1. The van der Waals surface area contributed by atoms with E-state index in [9.17, 15) is 5.11 Å². The number of methoxy groups -OCH3 is 1. The monoisotopic (exact) mass is 250 g/mol. The van der Waals surface area contributed by atoms with Crippen molar-refractivity contribution in [2.75, 3.05) is 20.3 Å². The zero-order chi connectivity index (χ0) is 13.0. The molecule has 0 aromatic carbocycles. The molecule has 2 heterocycles. The van der Waals surface area contributed by atoms with Gasteiger partial charge in [-0.1, -0.05) is 6.42 Å². The maximum absolute atomic E-state index is 9.41. The van der Waals surface area contributed by atoms with Gasteiger partial charge in [-0.05, 0) is 26.3 Å². The Bertz CT molecular complexity index is 395. The summed E-state index contributed by atoms with van der Waals surface area (Å²) in [6.45, 7) is 4.06. The summed E-state index contributed by atoms with van der Waals surface area (Å²) >= 11 is 0. The summed E-state index contributed by atoms with van der Waals surface area (Å²) in [6, 6.07) is 4.20. The third-order valence-electron chi connectivity index (χ3n) is 3.54. The fourth-order valence-corrected chi connectivity index (χ4v) is 2.58. The third-order valence-corrected chi connectivity index (χ3v) is 3.54. The molecule has 0 amide bonds. The largest absolute Gasteiger partial charge is 0.497 e. The number of likely N-dealkylation sites (tertiary alicyclic amines) is 1. The highest BCUT2D eigenvalue weighted by Gasteiger charge is 2.22. The smallest absolute Gasteiger partial charge is 0.122 e. The summed E-state index contributed by atoms with van der Waals surface area (Å²) in [5.41, 5.74) is 1.99. The maximum Gasteiger partial charge on any atom is 0.122 e. The molecule has 1 saturated heterocycles. The van der Waals surface area contributed by atoms with Crippen LogP contribution in [0.2, 0.25) is 0 Å². The Morgan fingerprint density at radius 2 is 2.28 bits per heavy atom. The molecule has 18 heavy (non-hydrogen) atoms. The molecule has 1 aromatic rings. The minimum Gasteiger partial charge on any atom is -0.497 e. The van der Waals surface area contributed by atoms with Crippen molar-refractivity contribution >= 4 is 0 Å². The van der Waals surface area contributed by atoms with Crippen LogP contribution in [0.1, 0.15) is 30.7 Å². The maximum atomic E-state index is 9.41. The summed E-state index contributed by atoms with van der Waals surface area (Å²) < 4.78 is 5.27. The van der Waals surface area contributed by atoms with E-state index in [0.717, 1.165) is 36.6 Å². The van der Waals surface area contributed by atoms with Gasteiger partial charge in [0, 0.05) is 30.4 Å². The third kappa shape index (κ3) is 3.21. The van der Waals surface area contributed by atoms with E-state index in [4.69, 9.17) is 4.74 Å². The van der Waals surface area contributed by atoms with E-state index in [1.54, 1.807) is 7.11 Å². The highest BCUT2D eigenvalue weighted by atomic mass is 16.5. The van der Waals surface area contributed by atoms with Crippen LogP contribution in [0, 0.1) is 6.92 Å². The van der Waals surface area contributed by atoms with Crippen molar-refractivity contribution in [3.05, 3.63) is 23.5 Å². The van der Waals surface area contributed by atoms with E-state index >= 15 is 0 Å². The van der Waals surface area contributed by atoms with Gasteiger partial charge in [-0.3, -0.25) is 9.88 Å². The molecule has 100 valence electrons. The standard InChI is InChI=1S/C14H22N2O2/c1-11-7-14(18-2)8-12(15-11)9-16-6-4-3-5-13(16)10-17/h7-8,13,17H,3-6,9-10H2,1-2H3. The van der Waals surface area contributed by atoms with E-state index in [-0.39, 0.29) is 12.6 Å². The summed E-state index contributed by atoms with van der Waals surface area (Å²) in [5, 5.41) is 9.41. The molecule has 0 aliphatic carbocycles. The Kier molecular flexibility index (Phi) is 4.55. The fourth-order valence-electron chi connectivity index (χ4n) is 2.58. The fraction of sp³-hybridized carbons (Fsp3) is 0.643. The predicted molar refractivity (Wildman–Crippen MR) is 70.7 cm³/mol. The first kappa shape index (κ1) is 13.3. The Hall–Kier alpha value is -1.13. The van der Waals surface area contributed by atoms with E-state index in [1.807, 2.05) is 19.1 Å². The number of hydrogen-bond donors (Lipinski definition) is 1. The molecule has 1 atom stereocenters. The number of rotatable bonds is 4. The highest BCUT2D eigenvalue weighted by Crippen LogP contribution is 2.20. The Morgan fingerprint density at radius 3 is 3.00 bits per heavy atom. The first-order chi connectivity index (χ1) is 8.72. The number of pyridine rings is 1. The lowest BCUT2D eigenvalue weighted by molar-refractivity contribution is 0.0830. The quantitative estimate of drug-likeness (QED) is 0.884. The second kappa shape index (κ2) is 6.16. The van der Waals surface area contributed by atoms with Crippen LogP contribution in [-0.2, 0) is 6.54 Å². The number of aliphatic hydroxyl groups excluding tert-OH is 1. The molecule has 1 aromatic heterocycles. The van der Waals surface area contributed by atoms with Crippen LogP contribution < -0.4 is 4.74 Å². The summed E-state index contributed by atoms with van der Waals surface area (Å²) in [7, 11) is 1.68. The molecule has 1 fully saturated rings. The summed E-state index contributed by atoms with van der Waals surface area (Å²) in [5.74, 6) is 0.857. The molecule has 0 saturated carbocycles. The zero-order valence-electron chi connectivity index (χ0n) is 11.2. The number of aliphatic hydroxyl groups is 1. The lowest BCUT2D eigenvalue weighted by atomic mass is 10.0. The number of ether oxygens (including phenoxy) is 1. The number of hydrogen-bond acceptors (Lipinski definition) is 4. The van der Waals surface area contributed by atoms with Crippen molar-refractivity contribution in [3.8, 4) is 5.75 Å². The average Bonchev–Trinajstić information content (AvgIpc) is 2.38. The number of aromatic nitrogens is 1. The zero-order valence-corrected chi connectivity index (χ0v) is 11.2. The van der Waals surface area contributed by atoms with Crippen molar-refractivity contribution in [1.82, 2.24) is 9.88 Å². The van der Waals surface area contributed by atoms with Gasteiger partial charge in [0.05, 0.1) is 19.4 Å². The minimum atomic E-state index is 0.239. The number of aryl methyl sites for hydroxylation is 1. The predicted octanol–water partition coefficient (Wildman–Crippen LogP) is 1.75. The van der Waals surface area contributed by atoms with Gasteiger partial charge >= 0.3 is 0 Å². The van der Waals surface area contributed by atoms with Gasteiger partial charge in [-0.15, -0.1) is 0 Å². The minimum absolute atomic E-state index is 0.239. The van der Waals surface area contributed by atoms with E-state index in [0.29, 0.717) is 0 Å². The molecule has 1 N–H and O–H groups in total. The van der Waals surface area contributed by atoms with Gasteiger partial charge in [0.2, 0.25) is 0 Å². The average molecular weight is 250 g/mol. The highest BCUT2D eigenvalue weighted by molar-refractivity contribution is 5.26. The van der Waals surface area contributed by atoms with Crippen molar-refractivity contribution in [2.24, 2.45) is 0 Å². The number of piperidine rings is 1. The van der Waals surface area contributed by atoms with Gasteiger partial charge in [0.1, 0.15) is 5.75 Å². The van der Waals surface area contributed by atoms with Crippen LogP contribution in [-0.4, -0.2) is 41.3 Å². The van der Waals surface area contributed by atoms with Crippen LogP contribution in [0.25, 0.3) is 0 Å². The molecule has 4 nitrogen and oxygen atoms in total. The van der Waals surface area contributed by atoms with Crippen LogP contribution in [0.3, 0.4) is 0 Å². The van der Waals surface area contributed by atoms with Crippen molar-refractivity contribution in [2.45, 2.75) is 38.8 Å². The molecule has 1 aliphatic heterocycles. The van der Waals surface area contributed by atoms with Crippen LogP contribution in [0.15, 0.2) is 12.1 Å². The normalized spacial score (nSPS) is 20.9. The van der Waals surface area contributed by atoms with Crippen molar-refractivity contribution in [1.29, 1.82) is 0 Å². The molecule has 1 aliphatic rings. The Balaban J connectivity index is 2.09. The first-order valence-electron chi connectivity index (χ1n) is 6.59. The first-order valence-corrected chi connectivity index (χ1v) is 6.59. The molecular formula is C14H22N2O2. The van der Waals surface area contributed by atoms with Gasteiger partial charge in [-0.25, -0.2) is 0 Å².